The molecule has 0 bridgehead atoms. The van der Waals surface area contributed by atoms with Gasteiger partial charge in [-0.2, -0.15) is 4.89 Å². The van der Waals surface area contributed by atoms with Crippen LogP contribution in [0.5, 0.6) is 23.0 Å². The number of benzene rings is 2. The average molecular weight is 478 g/mol. The number of aliphatic carboxylic acids is 1. The molecule has 0 saturated carbocycles. The Morgan fingerprint density at radius 2 is 1.59 bits per heavy atom. The van der Waals surface area contributed by atoms with E-state index < -0.39 is 64.7 Å². The summed E-state index contributed by atoms with van der Waals surface area (Å²) in [6, 6.07) is 7.19. The van der Waals surface area contributed by atoms with Crippen molar-refractivity contribution in [2.75, 3.05) is 0 Å². The number of hydrogen-bond acceptors (Lipinski definition) is 12. The van der Waals surface area contributed by atoms with Crippen molar-refractivity contribution in [3.63, 3.8) is 0 Å². The monoisotopic (exact) mass is 478 g/mol. The van der Waals surface area contributed by atoms with E-state index in [9.17, 15) is 40.2 Å². The largest absolute Gasteiger partial charge is 0.508 e. The van der Waals surface area contributed by atoms with E-state index in [1.54, 1.807) is 0 Å². The van der Waals surface area contributed by atoms with Gasteiger partial charge in [0.05, 0.1) is 0 Å². The minimum atomic E-state index is -1.99. The Bertz CT molecular complexity index is 1280. The summed E-state index contributed by atoms with van der Waals surface area (Å²) in [4.78, 5) is 34.4. The molecule has 13 nitrogen and oxygen atoms in total. The van der Waals surface area contributed by atoms with Gasteiger partial charge in [-0.25, -0.2) is 4.79 Å². The Morgan fingerprint density at radius 1 is 0.912 bits per heavy atom. The number of rotatable bonds is 5. The fourth-order valence-electron chi connectivity index (χ4n) is 3.37. The molecule has 0 unspecified atom stereocenters. The van der Waals surface area contributed by atoms with Crippen LogP contribution >= 0.6 is 0 Å². The molecule has 0 amide bonds. The van der Waals surface area contributed by atoms with Gasteiger partial charge < -0.3 is 49.8 Å². The number of aliphatic hydroxyl groups excluding tert-OH is 3. The normalized spacial score (nSPS) is 24.7. The lowest BCUT2D eigenvalue weighted by molar-refractivity contribution is -0.381. The van der Waals surface area contributed by atoms with Crippen molar-refractivity contribution in [3.8, 4) is 34.3 Å². The third kappa shape index (κ3) is 4.09. The van der Waals surface area contributed by atoms with Crippen LogP contribution in [0.3, 0.4) is 0 Å². The summed E-state index contributed by atoms with van der Waals surface area (Å²) in [5, 5.41) is 67.9. The Hall–Kier alpha value is -3.88. The second-order valence-electron chi connectivity index (χ2n) is 7.39. The van der Waals surface area contributed by atoms with Crippen molar-refractivity contribution >= 4 is 16.9 Å². The highest BCUT2D eigenvalue weighted by molar-refractivity contribution is 5.88. The number of aromatic hydroxyl groups is 3. The summed E-state index contributed by atoms with van der Waals surface area (Å²) in [6.07, 6.45) is -9.88. The fraction of sp³-hybridized carbons (Fsp3) is 0.238. The summed E-state index contributed by atoms with van der Waals surface area (Å²) < 4.78 is 10.6. The summed E-state index contributed by atoms with van der Waals surface area (Å²) in [7, 11) is 0. The molecule has 7 N–H and O–H groups in total. The molecule has 1 saturated heterocycles. The number of fused-ring (bicyclic) bond motifs is 1. The number of hydrogen-bond donors (Lipinski definition) is 7. The molecule has 1 fully saturated rings. The predicted octanol–water partition coefficient (Wildman–Crippen LogP) is -0.221. The Morgan fingerprint density at radius 3 is 2.24 bits per heavy atom. The quantitative estimate of drug-likeness (QED) is 0.187. The number of ether oxygens (including phenoxy) is 1. The van der Waals surface area contributed by atoms with E-state index >= 15 is 0 Å². The number of phenolic OH excluding ortho intramolecular Hbond substituents is 3. The minimum absolute atomic E-state index is 0.105. The molecular weight excluding hydrogens is 460 g/mol. The standard InChI is InChI=1S/C21H18O13/c22-8-3-1-7(2-4-8)17-18(13(25)12-10(24)5-9(23)6-11(12)31-17)33-34-21-16(28)14(26)15(27)19(32-21)20(29)30/h1-6,14-16,19,21-24,26-28H,(H,29,30)/t14-,15-,16+,19-,21-/m0/s1. The van der Waals surface area contributed by atoms with Crippen LogP contribution in [0.4, 0.5) is 0 Å². The van der Waals surface area contributed by atoms with Crippen LogP contribution in [0.25, 0.3) is 22.3 Å². The molecule has 1 aromatic heterocycles. The lowest BCUT2D eigenvalue weighted by atomic mass is 9.99. The SMILES string of the molecule is O=C(O)[C@H]1O[C@@H](OOc2c(-c3ccc(O)cc3)oc3cc(O)cc(O)c3c2=O)[C@H](O)[C@@H](O)[C@@H]1O. The smallest absolute Gasteiger partial charge is 0.335 e. The number of carbonyl (C=O) groups is 1. The van der Waals surface area contributed by atoms with E-state index in [-0.39, 0.29) is 22.7 Å². The van der Waals surface area contributed by atoms with Crippen molar-refractivity contribution in [2.24, 2.45) is 0 Å². The van der Waals surface area contributed by atoms with Crippen molar-refractivity contribution in [3.05, 3.63) is 46.6 Å². The highest BCUT2D eigenvalue weighted by Gasteiger charge is 2.48. The third-order valence-corrected chi connectivity index (χ3v) is 5.09. The first-order chi connectivity index (χ1) is 16.1. The molecule has 0 spiro atoms. The molecule has 4 rings (SSSR count). The van der Waals surface area contributed by atoms with E-state index in [4.69, 9.17) is 24.0 Å². The van der Waals surface area contributed by atoms with E-state index in [2.05, 4.69) is 0 Å². The second-order valence-corrected chi connectivity index (χ2v) is 7.39. The number of aliphatic hydroxyl groups is 3. The van der Waals surface area contributed by atoms with Crippen LogP contribution in [-0.2, 0) is 14.4 Å². The number of carboxylic acids is 1. The van der Waals surface area contributed by atoms with Crippen LogP contribution in [0.15, 0.2) is 45.6 Å². The van der Waals surface area contributed by atoms with Crippen molar-refractivity contribution in [1.29, 1.82) is 0 Å². The molecule has 180 valence electrons. The van der Waals surface area contributed by atoms with Gasteiger partial charge >= 0.3 is 5.97 Å². The molecule has 13 heteroatoms. The van der Waals surface area contributed by atoms with Gasteiger partial charge in [0.1, 0.15) is 46.5 Å². The van der Waals surface area contributed by atoms with E-state index in [1.165, 1.54) is 24.3 Å². The van der Waals surface area contributed by atoms with Crippen molar-refractivity contribution in [2.45, 2.75) is 30.7 Å². The van der Waals surface area contributed by atoms with Gasteiger partial charge in [0.2, 0.25) is 11.7 Å². The first-order valence-corrected chi connectivity index (χ1v) is 9.66. The molecule has 2 heterocycles. The van der Waals surface area contributed by atoms with Gasteiger partial charge in [-0.3, -0.25) is 4.79 Å². The van der Waals surface area contributed by atoms with E-state index in [0.29, 0.717) is 0 Å². The Balaban J connectivity index is 1.77. The van der Waals surface area contributed by atoms with Gasteiger partial charge in [0.15, 0.2) is 11.9 Å². The van der Waals surface area contributed by atoms with Gasteiger partial charge in [-0.1, -0.05) is 0 Å². The molecule has 3 aromatic rings. The van der Waals surface area contributed by atoms with E-state index in [1.807, 2.05) is 0 Å². The van der Waals surface area contributed by atoms with Crippen LogP contribution < -0.4 is 10.3 Å². The van der Waals surface area contributed by atoms with E-state index in [0.717, 1.165) is 12.1 Å². The summed E-state index contributed by atoms with van der Waals surface area (Å²) >= 11 is 0. The van der Waals surface area contributed by atoms with Crippen molar-refractivity contribution in [1.82, 2.24) is 0 Å². The first-order valence-electron chi connectivity index (χ1n) is 9.66. The van der Waals surface area contributed by atoms with Gasteiger partial charge in [-0.15, -0.1) is 0 Å². The molecule has 34 heavy (non-hydrogen) atoms. The zero-order valence-corrected chi connectivity index (χ0v) is 16.9. The zero-order valence-electron chi connectivity index (χ0n) is 16.9. The van der Waals surface area contributed by atoms with Gasteiger partial charge in [0, 0.05) is 17.7 Å². The second kappa shape index (κ2) is 8.81. The molecule has 2 aromatic carbocycles. The molecule has 5 atom stereocenters. The summed E-state index contributed by atoms with van der Waals surface area (Å²) in [6.45, 7) is 0. The molecule has 0 radical (unpaired) electrons. The van der Waals surface area contributed by atoms with Crippen LogP contribution in [0.1, 0.15) is 0 Å². The van der Waals surface area contributed by atoms with Crippen molar-refractivity contribution < 1.29 is 59.5 Å². The fourth-order valence-corrected chi connectivity index (χ4v) is 3.37. The maximum atomic E-state index is 13.1. The molecular formula is C21H18O13. The minimum Gasteiger partial charge on any atom is -0.508 e. The maximum Gasteiger partial charge on any atom is 0.335 e. The summed E-state index contributed by atoms with van der Waals surface area (Å²) in [5.41, 5.74) is -1.03. The molecule has 1 aliphatic rings. The summed E-state index contributed by atoms with van der Waals surface area (Å²) in [5.74, 6) is -3.78. The molecule has 1 aliphatic heterocycles. The van der Waals surface area contributed by atoms with Crippen LogP contribution in [0, 0.1) is 0 Å². The topological polar surface area (TPSA) is 217 Å². The van der Waals surface area contributed by atoms with Gasteiger partial charge in [-0.05, 0) is 24.3 Å². The maximum absolute atomic E-state index is 13.1. The lowest BCUT2D eigenvalue weighted by Crippen LogP contribution is -2.60. The van der Waals surface area contributed by atoms with Gasteiger partial charge in [0.25, 0.3) is 5.75 Å². The van der Waals surface area contributed by atoms with Crippen LogP contribution in [-0.4, -0.2) is 72.4 Å². The number of phenols is 3. The number of carboxylic acid groups (broad SMARTS) is 1. The Kier molecular flexibility index (Phi) is 6.03. The predicted molar refractivity (Wildman–Crippen MR) is 109 cm³/mol. The average Bonchev–Trinajstić information content (AvgIpc) is 2.77. The molecule has 0 aliphatic carbocycles. The van der Waals surface area contributed by atoms with Crippen LogP contribution in [0.2, 0.25) is 0 Å². The third-order valence-electron chi connectivity index (χ3n) is 5.09. The first kappa shape index (κ1) is 23.3. The lowest BCUT2D eigenvalue weighted by Gasteiger charge is -2.37. The zero-order chi connectivity index (χ0) is 24.7. The highest BCUT2D eigenvalue weighted by Crippen LogP contribution is 2.36. The highest BCUT2D eigenvalue weighted by atomic mass is 17.2. The Labute approximate surface area is 188 Å².